The van der Waals surface area contributed by atoms with Crippen molar-refractivity contribution >= 4 is 62.3 Å². The number of anilines is 1. The number of sulfonamides is 1. The van der Waals surface area contributed by atoms with Crippen molar-refractivity contribution in [2.75, 3.05) is 10.8 Å². The second-order valence-corrected chi connectivity index (χ2v) is 13.7. The van der Waals surface area contributed by atoms with E-state index in [0.717, 1.165) is 9.87 Å². The predicted molar refractivity (Wildman–Crippen MR) is 166 cm³/mol. The lowest BCUT2D eigenvalue weighted by molar-refractivity contribution is -0.141. The fraction of sp³-hybridized carbons (Fsp3) is 0.333. The molecule has 0 heterocycles. The quantitative estimate of drug-likeness (QED) is 0.263. The van der Waals surface area contributed by atoms with Gasteiger partial charge in [0.05, 0.1) is 20.6 Å². The van der Waals surface area contributed by atoms with Crippen LogP contribution in [-0.2, 0) is 26.2 Å². The maximum absolute atomic E-state index is 14.2. The van der Waals surface area contributed by atoms with Crippen LogP contribution in [0.5, 0.6) is 0 Å². The molecule has 0 unspecified atom stereocenters. The molecule has 0 bridgehead atoms. The molecule has 0 saturated carbocycles. The minimum atomic E-state index is -4.29. The van der Waals surface area contributed by atoms with E-state index >= 15 is 0 Å². The number of amides is 2. The van der Waals surface area contributed by atoms with Gasteiger partial charge in [-0.1, -0.05) is 83.7 Å². The summed E-state index contributed by atoms with van der Waals surface area (Å²) in [5.41, 5.74) is 0.962. The molecule has 0 spiro atoms. The third kappa shape index (κ3) is 8.16. The Hall–Kier alpha value is -2.78. The molecule has 3 rings (SSSR count). The number of hydrogen-bond donors (Lipinski definition) is 1. The highest BCUT2D eigenvalue weighted by atomic mass is 35.5. The number of nitrogens with zero attached hydrogens (tertiary/aromatic N) is 2. The van der Waals surface area contributed by atoms with Crippen LogP contribution in [0.3, 0.4) is 0 Å². The molecule has 0 saturated heterocycles. The molecule has 1 atom stereocenters. The molecule has 1 N–H and O–H groups in total. The van der Waals surface area contributed by atoms with Gasteiger partial charge in [0.2, 0.25) is 11.8 Å². The summed E-state index contributed by atoms with van der Waals surface area (Å²) in [4.78, 5) is 28.9. The van der Waals surface area contributed by atoms with Crippen molar-refractivity contribution in [3.05, 3.63) is 92.9 Å². The number of hydrogen-bond acceptors (Lipinski definition) is 4. The van der Waals surface area contributed by atoms with E-state index in [0.29, 0.717) is 10.6 Å². The first-order chi connectivity index (χ1) is 19.2. The van der Waals surface area contributed by atoms with Gasteiger partial charge in [-0.3, -0.25) is 13.9 Å². The van der Waals surface area contributed by atoms with Crippen molar-refractivity contribution in [3.63, 3.8) is 0 Å². The van der Waals surface area contributed by atoms with E-state index in [1.54, 1.807) is 49.4 Å². The molecule has 2 amide bonds. The monoisotopic (exact) mass is 637 g/mol. The Morgan fingerprint density at radius 1 is 0.902 bits per heavy atom. The molecular formula is C30H34Cl3N3O4S. The molecule has 3 aromatic carbocycles. The molecule has 3 aromatic rings. The summed E-state index contributed by atoms with van der Waals surface area (Å²) in [5.74, 6) is -0.985. The van der Waals surface area contributed by atoms with Crippen LogP contribution in [0.25, 0.3) is 0 Å². The summed E-state index contributed by atoms with van der Waals surface area (Å²) in [6.07, 6.45) is 0.279. The van der Waals surface area contributed by atoms with Crippen molar-refractivity contribution in [1.29, 1.82) is 0 Å². The Morgan fingerprint density at radius 3 is 2.10 bits per heavy atom. The summed E-state index contributed by atoms with van der Waals surface area (Å²) in [5, 5.41) is 3.46. The van der Waals surface area contributed by atoms with Gasteiger partial charge in [0.15, 0.2) is 0 Å². The minimum absolute atomic E-state index is 0.0176. The normalized spacial score (nSPS) is 12.5. The second-order valence-electron chi connectivity index (χ2n) is 10.7. The van der Waals surface area contributed by atoms with Gasteiger partial charge in [-0.05, 0) is 70.0 Å². The van der Waals surface area contributed by atoms with Crippen LogP contribution in [0.4, 0.5) is 5.69 Å². The standard InChI is InChI=1S/C30H34Cl3N3O4S/c1-6-25(29(38)34-30(3,4)5)35(18-21-10-7-8-11-23(21)31)27(37)19-36(26-13-9-12-24(32)28(26)33)41(39,40)22-16-14-20(2)15-17-22/h7-17,25H,6,18-19H2,1-5H3,(H,34,38)/t25-/m0/s1. The lowest BCUT2D eigenvalue weighted by atomic mass is 10.1. The highest BCUT2D eigenvalue weighted by Gasteiger charge is 2.35. The van der Waals surface area contributed by atoms with Crippen molar-refractivity contribution in [3.8, 4) is 0 Å². The highest BCUT2D eigenvalue weighted by molar-refractivity contribution is 7.92. The molecule has 41 heavy (non-hydrogen) atoms. The number of benzene rings is 3. The molecule has 0 aliphatic carbocycles. The Kier molecular flexibility index (Phi) is 10.7. The molecular weight excluding hydrogens is 605 g/mol. The SMILES string of the molecule is CC[C@@H](C(=O)NC(C)(C)C)N(Cc1ccccc1Cl)C(=O)CN(c1cccc(Cl)c1Cl)S(=O)(=O)c1ccc(C)cc1. The van der Waals surface area contributed by atoms with Crippen LogP contribution in [0.1, 0.15) is 45.2 Å². The van der Waals surface area contributed by atoms with E-state index in [4.69, 9.17) is 34.8 Å². The molecule has 0 aliphatic rings. The molecule has 0 fully saturated rings. The van der Waals surface area contributed by atoms with Gasteiger partial charge in [0, 0.05) is 17.1 Å². The van der Waals surface area contributed by atoms with Crippen LogP contribution >= 0.6 is 34.8 Å². The van der Waals surface area contributed by atoms with E-state index in [9.17, 15) is 18.0 Å². The van der Waals surface area contributed by atoms with E-state index in [1.807, 2.05) is 27.7 Å². The number of aryl methyl sites for hydroxylation is 1. The van der Waals surface area contributed by atoms with Gasteiger partial charge in [0.25, 0.3) is 10.0 Å². The van der Waals surface area contributed by atoms with Crippen molar-refractivity contribution < 1.29 is 18.0 Å². The topological polar surface area (TPSA) is 86.8 Å². The van der Waals surface area contributed by atoms with Crippen LogP contribution in [-0.4, -0.2) is 43.3 Å². The van der Waals surface area contributed by atoms with Gasteiger partial charge in [-0.15, -0.1) is 0 Å². The first-order valence-corrected chi connectivity index (χ1v) is 15.6. The van der Waals surface area contributed by atoms with E-state index in [1.165, 1.54) is 29.2 Å². The molecule has 0 radical (unpaired) electrons. The van der Waals surface area contributed by atoms with Crippen LogP contribution < -0.4 is 9.62 Å². The predicted octanol–water partition coefficient (Wildman–Crippen LogP) is 6.87. The summed E-state index contributed by atoms with van der Waals surface area (Å²) >= 11 is 19.2. The van der Waals surface area contributed by atoms with Crippen molar-refractivity contribution in [1.82, 2.24) is 10.2 Å². The number of nitrogens with one attached hydrogen (secondary N) is 1. The van der Waals surface area contributed by atoms with Crippen molar-refractivity contribution in [2.24, 2.45) is 0 Å². The van der Waals surface area contributed by atoms with Crippen LogP contribution in [0, 0.1) is 6.92 Å². The Labute approximate surface area is 257 Å². The Balaban J connectivity index is 2.13. The van der Waals surface area contributed by atoms with Crippen molar-refractivity contribution in [2.45, 2.75) is 64.1 Å². The summed E-state index contributed by atoms with van der Waals surface area (Å²) in [7, 11) is -4.29. The van der Waals surface area contributed by atoms with E-state index in [-0.39, 0.29) is 39.5 Å². The number of carbonyl (C=O) groups is 2. The molecule has 220 valence electrons. The van der Waals surface area contributed by atoms with Gasteiger partial charge in [0.1, 0.15) is 12.6 Å². The average Bonchev–Trinajstić information content (AvgIpc) is 2.89. The largest absolute Gasteiger partial charge is 0.350 e. The third-order valence-corrected chi connectivity index (χ3v) is 9.22. The summed E-state index contributed by atoms with van der Waals surface area (Å²) < 4.78 is 28.9. The lowest BCUT2D eigenvalue weighted by Gasteiger charge is -2.35. The van der Waals surface area contributed by atoms with Crippen LogP contribution in [0.2, 0.25) is 15.1 Å². The van der Waals surface area contributed by atoms with Gasteiger partial charge in [-0.25, -0.2) is 8.42 Å². The molecule has 0 aromatic heterocycles. The second kappa shape index (κ2) is 13.5. The fourth-order valence-corrected chi connectivity index (χ4v) is 6.29. The number of halogens is 3. The molecule has 11 heteroatoms. The zero-order valence-electron chi connectivity index (χ0n) is 23.6. The first kappa shape index (κ1) is 32.7. The maximum atomic E-state index is 14.2. The van der Waals surface area contributed by atoms with Gasteiger partial charge in [-0.2, -0.15) is 0 Å². The number of carbonyl (C=O) groups excluding carboxylic acids is 2. The van der Waals surface area contributed by atoms with E-state index in [2.05, 4.69) is 5.32 Å². The summed E-state index contributed by atoms with van der Waals surface area (Å²) in [6.45, 7) is 8.50. The zero-order valence-corrected chi connectivity index (χ0v) is 26.7. The van der Waals surface area contributed by atoms with Crippen LogP contribution in [0.15, 0.2) is 71.6 Å². The van der Waals surface area contributed by atoms with Gasteiger partial charge >= 0.3 is 0 Å². The first-order valence-electron chi connectivity index (χ1n) is 13.0. The third-order valence-electron chi connectivity index (χ3n) is 6.27. The highest BCUT2D eigenvalue weighted by Crippen LogP contribution is 2.36. The Morgan fingerprint density at radius 2 is 1.51 bits per heavy atom. The molecule has 7 nitrogen and oxygen atoms in total. The van der Waals surface area contributed by atoms with Gasteiger partial charge < -0.3 is 10.2 Å². The average molecular weight is 639 g/mol. The maximum Gasteiger partial charge on any atom is 0.264 e. The fourth-order valence-electron chi connectivity index (χ4n) is 4.22. The zero-order chi connectivity index (χ0) is 30.5. The minimum Gasteiger partial charge on any atom is -0.350 e. The Bertz CT molecular complexity index is 1510. The smallest absolute Gasteiger partial charge is 0.264 e. The number of rotatable bonds is 10. The molecule has 0 aliphatic heterocycles. The lowest BCUT2D eigenvalue weighted by Crippen LogP contribution is -2.55. The van der Waals surface area contributed by atoms with E-state index < -0.39 is 34.1 Å². The summed E-state index contributed by atoms with van der Waals surface area (Å²) in [6, 6.07) is 16.9.